The Morgan fingerprint density at radius 2 is 1.65 bits per heavy atom. The number of amides is 1. The van der Waals surface area contributed by atoms with Crippen molar-refractivity contribution in [2.45, 2.75) is 180 Å². The third-order valence-electron chi connectivity index (χ3n) is 10.3. The summed E-state index contributed by atoms with van der Waals surface area (Å²) in [6.07, 6.45) is 30.3. The topological polar surface area (TPSA) is 112 Å². The van der Waals surface area contributed by atoms with E-state index in [9.17, 15) is 4.79 Å². The maximum atomic E-state index is 13.0. The molecule has 2 aliphatic carbocycles. The summed E-state index contributed by atoms with van der Waals surface area (Å²) < 4.78 is 1.95. The quantitative estimate of drug-likeness (QED) is 0.154. The predicted octanol–water partition coefficient (Wildman–Crippen LogP) is 7.69. The van der Waals surface area contributed by atoms with Crippen LogP contribution in [0.2, 0.25) is 0 Å². The summed E-state index contributed by atoms with van der Waals surface area (Å²) in [4.78, 5) is 13.0. The van der Waals surface area contributed by atoms with Gasteiger partial charge in [-0.1, -0.05) is 80.9 Å². The fraction of sp³-hybridized carbons (Fsp3) is 0.806. The zero-order chi connectivity index (χ0) is 31.4. The van der Waals surface area contributed by atoms with Crippen LogP contribution in [0.4, 0.5) is 0 Å². The second-order valence-electron chi connectivity index (χ2n) is 15.2. The highest BCUT2D eigenvalue weighted by Gasteiger charge is 2.48. The number of rotatable bonds is 9. The van der Waals surface area contributed by atoms with Gasteiger partial charge in [-0.3, -0.25) is 9.48 Å². The molecular formula is C36H64N6O. The molecular weight excluding hydrogens is 532 g/mol. The van der Waals surface area contributed by atoms with Crippen LogP contribution in [-0.4, -0.2) is 37.5 Å². The average Bonchev–Trinajstić information content (AvgIpc) is 3.34. The zero-order valence-electron chi connectivity index (χ0n) is 28.4. The molecule has 4 atom stereocenters. The highest BCUT2D eigenvalue weighted by Crippen LogP contribution is 2.38. The molecule has 1 heterocycles. The Hall–Kier alpha value is -1.99. The monoisotopic (exact) mass is 597 g/mol. The summed E-state index contributed by atoms with van der Waals surface area (Å²) in [5.41, 5.74) is 14.5. The van der Waals surface area contributed by atoms with E-state index in [2.05, 4.69) is 61.6 Å². The first-order valence-corrected chi connectivity index (χ1v) is 17.4. The summed E-state index contributed by atoms with van der Waals surface area (Å²) in [5.74, 6) is -0.00253. The van der Waals surface area contributed by atoms with E-state index in [1.807, 2.05) is 17.8 Å². The van der Waals surface area contributed by atoms with Crippen LogP contribution in [0.15, 0.2) is 30.0 Å². The van der Waals surface area contributed by atoms with E-state index in [0.29, 0.717) is 19.3 Å². The standard InChI is InChI=1S/C36H64N6O/c1-30-19-14-12-10-8-6-7-9-11-13-15-22-33(2,27-30)23-16-17-26-42-28-31(40-41-42)20-21-32(43)39-36(5)29-34(3,37)24-18-25-35(36,4)38/h12,14,27-28H,6-11,13,15-26,29,37-38H2,1-5H3,(H,39,43)/b14-12-,30-27-. The number of nitrogens with zero attached hydrogens (tertiary/aromatic N) is 3. The minimum Gasteiger partial charge on any atom is -0.349 e. The fourth-order valence-corrected chi connectivity index (χ4v) is 7.38. The van der Waals surface area contributed by atoms with Crippen molar-refractivity contribution in [2.24, 2.45) is 16.9 Å². The zero-order valence-corrected chi connectivity index (χ0v) is 28.4. The molecule has 1 fully saturated rings. The Labute approximate surface area is 263 Å². The van der Waals surface area contributed by atoms with Gasteiger partial charge in [-0.25, -0.2) is 0 Å². The lowest BCUT2D eigenvalue weighted by Gasteiger charge is -2.46. The van der Waals surface area contributed by atoms with E-state index in [1.165, 1.54) is 76.2 Å². The van der Waals surface area contributed by atoms with Gasteiger partial charge in [0.2, 0.25) is 5.91 Å². The van der Waals surface area contributed by atoms with Gasteiger partial charge in [0.05, 0.1) is 11.2 Å². The van der Waals surface area contributed by atoms with Gasteiger partial charge in [0.15, 0.2) is 0 Å². The molecule has 3 rings (SSSR count). The lowest BCUT2D eigenvalue weighted by Crippen LogP contribution is -2.67. The number of hydrogen-bond donors (Lipinski definition) is 3. The lowest BCUT2D eigenvalue weighted by atomic mass is 9.73. The molecule has 0 bridgehead atoms. The summed E-state index contributed by atoms with van der Waals surface area (Å²) in [5, 5.41) is 12.0. The van der Waals surface area contributed by atoms with E-state index in [0.717, 1.165) is 44.3 Å². The molecule has 4 unspecified atom stereocenters. The maximum Gasteiger partial charge on any atom is 0.220 e. The van der Waals surface area contributed by atoms with E-state index < -0.39 is 11.1 Å². The van der Waals surface area contributed by atoms with Crippen LogP contribution in [0, 0.1) is 5.41 Å². The van der Waals surface area contributed by atoms with Crippen LogP contribution in [0.5, 0.6) is 0 Å². The number of carbonyl (C=O) groups is 1. The van der Waals surface area contributed by atoms with E-state index >= 15 is 0 Å². The van der Waals surface area contributed by atoms with Crippen LogP contribution in [0.25, 0.3) is 0 Å². The Balaban J connectivity index is 1.46. The third kappa shape index (κ3) is 12.1. The van der Waals surface area contributed by atoms with Gasteiger partial charge in [-0.2, -0.15) is 0 Å². The van der Waals surface area contributed by atoms with Crippen molar-refractivity contribution < 1.29 is 4.79 Å². The Morgan fingerprint density at radius 3 is 2.42 bits per heavy atom. The van der Waals surface area contributed by atoms with Gasteiger partial charge >= 0.3 is 0 Å². The first-order chi connectivity index (χ1) is 20.3. The largest absolute Gasteiger partial charge is 0.349 e. The average molecular weight is 597 g/mol. The normalized spacial score (nSPS) is 33.8. The summed E-state index contributed by atoms with van der Waals surface area (Å²) >= 11 is 0. The van der Waals surface area contributed by atoms with E-state index in [1.54, 1.807) is 0 Å². The van der Waals surface area contributed by atoms with Gasteiger partial charge in [0, 0.05) is 36.7 Å². The van der Waals surface area contributed by atoms with Gasteiger partial charge in [-0.15, -0.1) is 5.10 Å². The second-order valence-corrected chi connectivity index (χ2v) is 15.2. The van der Waals surface area contributed by atoms with Crippen LogP contribution < -0.4 is 16.8 Å². The van der Waals surface area contributed by atoms with Crippen LogP contribution in [0.1, 0.15) is 156 Å². The molecule has 0 radical (unpaired) electrons. The van der Waals surface area contributed by atoms with Crippen LogP contribution >= 0.6 is 0 Å². The molecule has 1 saturated carbocycles. The Kier molecular flexibility index (Phi) is 13.5. The molecule has 1 aromatic heterocycles. The highest BCUT2D eigenvalue weighted by atomic mass is 16.1. The molecule has 7 nitrogen and oxygen atoms in total. The van der Waals surface area contributed by atoms with E-state index in [4.69, 9.17) is 11.5 Å². The van der Waals surface area contributed by atoms with E-state index in [-0.39, 0.29) is 16.9 Å². The molecule has 244 valence electrons. The summed E-state index contributed by atoms with van der Waals surface area (Å²) in [7, 11) is 0. The van der Waals surface area contributed by atoms with Gasteiger partial charge in [-0.05, 0) is 97.3 Å². The minimum atomic E-state index is -0.547. The SMILES string of the molecule is C/C1=C/C(C)(CCCCn2cc(CCC(=O)NC3(C)CC(C)(N)CCCC3(C)N)nn2)CCCCCCCCC/C=C\C1. The molecule has 2 aliphatic rings. The number of unbranched alkanes of at least 4 members (excludes halogenated alkanes) is 1. The van der Waals surface area contributed by atoms with Gasteiger partial charge in [0.1, 0.15) is 0 Å². The Morgan fingerprint density at radius 1 is 0.930 bits per heavy atom. The van der Waals surface area contributed by atoms with Gasteiger partial charge < -0.3 is 16.8 Å². The molecule has 5 N–H and O–H groups in total. The first-order valence-electron chi connectivity index (χ1n) is 17.4. The molecule has 0 spiro atoms. The van der Waals surface area contributed by atoms with Crippen molar-refractivity contribution >= 4 is 5.91 Å². The van der Waals surface area contributed by atoms with Crippen molar-refractivity contribution in [3.05, 3.63) is 35.7 Å². The number of hydrogen-bond acceptors (Lipinski definition) is 5. The lowest BCUT2D eigenvalue weighted by molar-refractivity contribution is -0.124. The predicted molar refractivity (Wildman–Crippen MR) is 180 cm³/mol. The number of aromatic nitrogens is 3. The van der Waals surface area contributed by atoms with Crippen molar-refractivity contribution in [2.75, 3.05) is 0 Å². The molecule has 0 aromatic carbocycles. The second kappa shape index (κ2) is 16.4. The number of aryl methyl sites for hydroxylation is 2. The first kappa shape index (κ1) is 35.5. The molecule has 43 heavy (non-hydrogen) atoms. The molecule has 1 aromatic rings. The minimum absolute atomic E-state index is 0.00253. The van der Waals surface area contributed by atoms with Crippen LogP contribution in [-0.2, 0) is 17.8 Å². The number of nitrogens with two attached hydrogens (primary N) is 2. The van der Waals surface area contributed by atoms with Crippen molar-refractivity contribution in [1.29, 1.82) is 0 Å². The van der Waals surface area contributed by atoms with Crippen molar-refractivity contribution in [1.82, 2.24) is 20.3 Å². The maximum absolute atomic E-state index is 13.0. The molecule has 0 aliphatic heterocycles. The molecule has 0 saturated heterocycles. The highest BCUT2D eigenvalue weighted by molar-refractivity contribution is 5.77. The number of nitrogens with one attached hydrogen (secondary N) is 1. The fourth-order valence-electron chi connectivity index (χ4n) is 7.38. The number of carbonyl (C=O) groups excluding carboxylic acids is 1. The Bertz CT molecular complexity index is 1060. The third-order valence-corrected chi connectivity index (χ3v) is 10.3. The van der Waals surface area contributed by atoms with Gasteiger partial charge in [0.25, 0.3) is 0 Å². The van der Waals surface area contributed by atoms with Crippen LogP contribution in [0.3, 0.4) is 0 Å². The summed E-state index contributed by atoms with van der Waals surface area (Å²) in [6.45, 7) is 11.8. The number of allylic oxidation sites excluding steroid dienone is 4. The summed E-state index contributed by atoms with van der Waals surface area (Å²) in [6, 6.07) is 0. The van der Waals surface area contributed by atoms with Crippen molar-refractivity contribution in [3.63, 3.8) is 0 Å². The van der Waals surface area contributed by atoms with Crippen molar-refractivity contribution in [3.8, 4) is 0 Å². The molecule has 7 heteroatoms. The molecule has 1 amide bonds. The smallest absolute Gasteiger partial charge is 0.220 e.